The molecule has 3 rings (SSSR count). The second kappa shape index (κ2) is 10.2. The van der Waals surface area contributed by atoms with Crippen molar-refractivity contribution in [2.24, 2.45) is 0 Å². The van der Waals surface area contributed by atoms with Crippen LogP contribution in [0.3, 0.4) is 0 Å². The maximum Gasteiger partial charge on any atom is 0.335 e. The number of carboxylic acids is 1. The number of methoxy groups -OCH3 is 1. The van der Waals surface area contributed by atoms with E-state index < -0.39 is 23.3 Å². The van der Waals surface area contributed by atoms with E-state index in [0.717, 1.165) is 4.90 Å². The van der Waals surface area contributed by atoms with Crippen LogP contribution in [-0.2, 0) is 9.59 Å². The number of oxazole rings is 1. The summed E-state index contributed by atoms with van der Waals surface area (Å²) < 4.78 is 10.6. The number of carboxylic acid groups (broad SMARTS) is 1. The minimum Gasteiger partial charge on any atom is -0.496 e. The van der Waals surface area contributed by atoms with Crippen LogP contribution in [-0.4, -0.2) is 46.3 Å². The van der Waals surface area contributed by atoms with Crippen LogP contribution < -0.4 is 15.4 Å². The van der Waals surface area contributed by atoms with Gasteiger partial charge in [0.15, 0.2) is 12.2 Å². The van der Waals surface area contributed by atoms with Gasteiger partial charge in [0.25, 0.3) is 0 Å². The third kappa shape index (κ3) is 6.36. The standard InChI is InChI=1S/C23H23N3O6S/c1-23(2,12-33-16-7-4-14(5-8-16)22(29)30)26-21(28)20(27)25-15-6-9-17(18(10-15)31-3)19-11-24-13-32-19/h4-11,13H,12H2,1-3H3,(H,25,27)(H,26,28)(H,29,30). The third-order valence-electron chi connectivity index (χ3n) is 4.52. The fourth-order valence-corrected chi connectivity index (χ4v) is 3.80. The topological polar surface area (TPSA) is 131 Å². The van der Waals surface area contributed by atoms with Gasteiger partial charge in [-0.25, -0.2) is 9.78 Å². The summed E-state index contributed by atoms with van der Waals surface area (Å²) in [5.74, 6) is -1.14. The van der Waals surface area contributed by atoms with E-state index in [1.807, 2.05) is 0 Å². The number of carbonyl (C=O) groups is 3. The quantitative estimate of drug-likeness (QED) is 0.336. The average molecular weight is 470 g/mol. The minimum atomic E-state index is -0.990. The molecule has 0 saturated heterocycles. The number of amides is 2. The lowest BCUT2D eigenvalue weighted by Crippen LogP contribution is -2.49. The minimum absolute atomic E-state index is 0.203. The van der Waals surface area contributed by atoms with Gasteiger partial charge in [-0.1, -0.05) is 0 Å². The van der Waals surface area contributed by atoms with Crippen LogP contribution >= 0.6 is 11.8 Å². The smallest absolute Gasteiger partial charge is 0.335 e. The average Bonchev–Trinajstić information content (AvgIpc) is 3.32. The van der Waals surface area contributed by atoms with Crippen molar-refractivity contribution in [3.05, 3.63) is 60.6 Å². The molecular weight excluding hydrogens is 446 g/mol. The van der Waals surface area contributed by atoms with Crippen LogP contribution in [0.5, 0.6) is 5.75 Å². The van der Waals surface area contributed by atoms with Gasteiger partial charge in [-0.15, -0.1) is 11.8 Å². The van der Waals surface area contributed by atoms with E-state index in [9.17, 15) is 14.4 Å². The van der Waals surface area contributed by atoms with Crippen LogP contribution in [0.15, 0.2) is 64.4 Å². The van der Waals surface area contributed by atoms with E-state index in [2.05, 4.69) is 15.6 Å². The van der Waals surface area contributed by atoms with Crippen molar-refractivity contribution in [2.45, 2.75) is 24.3 Å². The van der Waals surface area contributed by atoms with Crippen molar-refractivity contribution in [2.75, 3.05) is 18.2 Å². The van der Waals surface area contributed by atoms with Crippen LogP contribution in [0, 0.1) is 0 Å². The molecule has 9 nitrogen and oxygen atoms in total. The summed E-state index contributed by atoms with van der Waals surface area (Å²) in [6.45, 7) is 3.60. The number of hydrogen-bond donors (Lipinski definition) is 3. The van der Waals surface area contributed by atoms with Gasteiger partial charge in [0, 0.05) is 27.9 Å². The Morgan fingerprint density at radius 1 is 1.12 bits per heavy atom. The highest BCUT2D eigenvalue weighted by atomic mass is 32.2. The molecule has 3 N–H and O–H groups in total. The maximum atomic E-state index is 12.4. The molecule has 2 aromatic carbocycles. The second-order valence-electron chi connectivity index (χ2n) is 7.69. The Balaban J connectivity index is 1.58. The Kier molecular flexibility index (Phi) is 7.39. The predicted octanol–water partition coefficient (Wildman–Crippen LogP) is 3.67. The van der Waals surface area contributed by atoms with Gasteiger partial charge >= 0.3 is 17.8 Å². The number of hydrogen-bond acceptors (Lipinski definition) is 7. The highest BCUT2D eigenvalue weighted by Crippen LogP contribution is 2.32. The highest BCUT2D eigenvalue weighted by Gasteiger charge is 2.25. The Hall–Kier alpha value is -3.79. The summed E-state index contributed by atoms with van der Waals surface area (Å²) in [6.07, 6.45) is 2.85. The first-order valence-corrected chi connectivity index (χ1v) is 10.8. The number of aromatic nitrogens is 1. The number of carbonyl (C=O) groups excluding carboxylic acids is 2. The molecule has 33 heavy (non-hydrogen) atoms. The molecule has 1 heterocycles. The SMILES string of the molecule is COc1cc(NC(=O)C(=O)NC(C)(C)CSc2ccc(C(=O)O)cc2)ccc1-c1cnco1. The number of nitrogens with one attached hydrogen (secondary N) is 2. The third-order valence-corrected chi connectivity index (χ3v) is 5.99. The summed E-state index contributed by atoms with van der Waals surface area (Å²) in [5.41, 5.74) is 0.556. The summed E-state index contributed by atoms with van der Waals surface area (Å²) in [5, 5.41) is 14.3. The first-order valence-electron chi connectivity index (χ1n) is 9.85. The molecule has 10 heteroatoms. The molecule has 1 aromatic heterocycles. The lowest BCUT2D eigenvalue weighted by molar-refractivity contribution is -0.137. The van der Waals surface area contributed by atoms with E-state index in [4.69, 9.17) is 14.3 Å². The largest absolute Gasteiger partial charge is 0.496 e. The number of benzene rings is 2. The van der Waals surface area contributed by atoms with Crippen molar-refractivity contribution in [3.63, 3.8) is 0 Å². The number of ether oxygens (including phenoxy) is 1. The zero-order valence-electron chi connectivity index (χ0n) is 18.2. The van der Waals surface area contributed by atoms with E-state index in [1.54, 1.807) is 50.4 Å². The summed E-state index contributed by atoms with van der Waals surface area (Å²) >= 11 is 1.44. The highest BCUT2D eigenvalue weighted by molar-refractivity contribution is 7.99. The molecule has 0 bridgehead atoms. The fraction of sp³-hybridized carbons (Fsp3) is 0.217. The van der Waals surface area contributed by atoms with Crippen molar-refractivity contribution in [3.8, 4) is 17.1 Å². The molecule has 2 amide bonds. The molecular formula is C23H23N3O6S. The van der Waals surface area contributed by atoms with Gasteiger partial charge in [-0.3, -0.25) is 9.59 Å². The number of aromatic carboxylic acids is 1. The lowest BCUT2D eigenvalue weighted by Gasteiger charge is -2.25. The van der Waals surface area contributed by atoms with Gasteiger partial charge < -0.3 is 24.9 Å². The number of thioether (sulfide) groups is 1. The fourth-order valence-electron chi connectivity index (χ4n) is 2.87. The number of nitrogens with zero attached hydrogens (tertiary/aromatic N) is 1. The van der Waals surface area contributed by atoms with Crippen molar-refractivity contribution < 1.29 is 28.6 Å². The predicted molar refractivity (Wildman–Crippen MR) is 123 cm³/mol. The van der Waals surface area contributed by atoms with Crippen LogP contribution in [0.4, 0.5) is 5.69 Å². The Labute approximate surface area is 194 Å². The van der Waals surface area contributed by atoms with Crippen molar-refractivity contribution in [1.29, 1.82) is 0 Å². The molecule has 0 unspecified atom stereocenters. The summed E-state index contributed by atoms with van der Waals surface area (Å²) in [6, 6.07) is 11.4. The normalized spacial score (nSPS) is 11.0. The Bertz CT molecular complexity index is 1140. The van der Waals surface area contributed by atoms with E-state index >= 15 is 0 Å². The molecule has 0 atom stereocenters. The molecule has 0 saturated carbocycles. The Morgan fingerprint density at radius 3 is 2.45 bits per heavy atom. The van der Waals surface area contributed by atoms with Crippen LogP contribution in [0.2, 0.25) is 0 Å². The van der Waals surface area contributed by atoms with E-state index in [1.165, 1.54) is 37.4 Å². The molecule has 0 aliphatic carbocycles. The van der Waals surface area contributed by atoms with Gasteiger partial charge in [0.05, 0.1) is 24.4 Å². The van der Waals surface area contributed by atoms with Gasteiger partial charge in [-0.2, -0.15) is 0 Å². The van der Waals surface area contributed by atoms with Crippen molar-refractivity contribution in [1.82, 2.24) is 10.3 Å². The van der Waals surface area contributed by atoms with Gasteiger partial charge in [0.2, 0.25) is 0 Å². The van der Waals surface area contributed by atoms with E-state index in [-0.39, 0.29) is 5.56 Å². The molecule has 0 radical (unpaired) electrons. The maximum absolute atomic E-state index is 12.4. The van der Waals surface area contributed by atoms with E-state index in [0.29, 0.717) is 28.5 Å². The van der Waals surface area contributed by atoms with Crippen LogP contribution in [0.25, 0.3) is 11.3 Å². The first kappa shape index (κ1) is 23.9. The Morgan fingerprint density at radius 2 is 1.85 bits per heavy atom. The zero-order valence-corrected chi connectivity index (χ0v) is 19.1. The molecule has 0 aliphatic heterocycles. The lowest BCUT2D eigenvalue weighted by atomic mass is 10.1. The number of rotatable bonds is 8. The van der Waals surface area contributed by atoms with Crippen molar-refractivity contribution >= 4 is 35.2 Å². The zero-order chi connectivity index (χ0) is 24.0. The van der Waals surface area contributed by atoms with Gasteiger partial charge in [-0.05, 0) is 50.2 Å². The molecule has 0 fully saturated rings. The molecule has 0 aliphatic rings. The van der Waals surface area contributed by atoms with Gasteiger partial charge in [0.1, 0.15) is 5.75 Å². The monoisotopic (exact) mass is 469 g/mol. The molecule has 0 spiro atoms. The summed E-state index contributed by atoms with van der Waals surface area (Å²) in [4.78, 5) is 40.5. The second-order valence-corrected chi connectivity index (χ2v) is 8.74. The molecule has 3 aromatic rings. The molecule has 172 valence electrons. The summed E-state index contributed by atoms with van der Waals surface area (Å²) in [7, 11) is 1.49. The number of anilines is 1. The first-order chi connectivity index (χ1) is 15.7. The van der Waals surface area contributed by atoms with Crippen LogP contribution in [0.1, 0.15) is 24.2 Å².